The second-order valence-electron chi connectivity index (χ2n) is 4.51. The van der Waals surface area contributed by atoms with Gasteiger partial charge in [0.05, 0.1) is 17.6 Å². The molecule has 1 N–H and O–H groups in total. The van der Waals surface area contributed by atoms with Gasteiger partial charge in [-0.15, -0.1) is 0 Å². The van der Waals surface area contributed by atoms with Gasteiger partial charge in [-0.1, -0.05) is 0 Å². The predicted molar refractivity (Wildman–Crippen MR) is 72.2 cm³/mol. The van der Waals surface area contributed by atoms with Crippen molar-refractivity contribution in [1.82, 2.24) is 4.98 Å². The Hall–Kier alpha value is -2.24. The van der Waals surface area contributed by atoms with Crippen molar-refractivity contribution in [3.05, 3.63) is 53.6 Å². The lowest BCUT2D eigenvalue weighted by molar-refractivity contribution is 0.445. The van der Waals surface area contributed by atoms with Gasteiger partial charge in [-0.2, -0.15) is 0 Å². The highest BCUT2D eigenvalue weighted by Gasteiger charge is 2.11. The van der Waals surface area contributed by atoms with Gasteiger partial charge in [-0.25, -0.2) is 13.2 Å². The van der Waals surface area contributed by atoms with Gasteiger partial charge in [0.15, 0.2) is 17.5 Å². The summed E-state index contributed by atoms with van der Waals surface area (Å²) in [6, 6.07) is 3.75. The number of nitrogens with one attached hydrogen (secondary N) is 1. The second-order valence-corrected chi connectivity index (χ2v) is 4.51. The Labute approximate surface area is 115 Å². The third kappa shape index (κ3) is 3.01. The average molecular weight is 281 g/mol. The smallest absolute Gasteiger partial charge is 0.194 e. The van der Waals surface area contributed by atoms with Crippen LogP contribution in [-0.4, -0.2) is 19.1 Å². The SMILES string of the molecule is CN(C)c1ccncc1NCc1cc(F)c(F)c(F)c1. The fraction of sp³-hybridized carbons (Fsp3) is 0.214. The molecule has 20 heavy (non-hydrogen) atoms. The molecule has 106 valence electrons. The largest absolute Gasteiger partial charge is 0.378 e. The Balaban J connectivity index is 2.17. The Kier molecular flexibility index (Phi) is 4.12. The monoisotopic (exact) mass is 281 g/mol. The first kappa shape index (κ1) is 14.2. The number of anilines is 2. The van der Waals surface area contributed by atoms with Gasteiger partial charge in [-0.3, -0.25) is 4.98 Å². The highest BCUT2D eigenvalue weighted by atomic mass is 19.2. The summed E-state index contributed by atoms with van der Waals surface area (Å²) in [5, 5.41) is 3.02. The quantitative estimate of drug-likeness (QED) is 0.872. The molecule has 0 aliphatic carbocycles. The molecule has 0 radical (unpaired) electrons. The number of benzene rings is 1. The molecule has 0 amide bonds. The first-order valence-corrected chi connectivity index (χ1v) is 5.97. The molecule has 2 rings (SSSR count). The topological polar surface area (TPSA) is 28.2 Å². The third-order valence-corrected chi connectivity index (χ3v) is 2.81. The number of hydrogen-bond acceptors (Lipinski definition) is 3. The fourth-order valence-electron chi connectivity index (χ4n) is 1.82. The number of aromatic nitrogens is 1. The highest BCUT2D eigenvalue weighted by molar-refractivity contribution is 5.68. The minimum absolute atomic E-state index is 0.167. The van der Waals surface area contributed by atoms with Gasteiger partial charge < -0.3 is 10.2 Å². The van der Waals surface area contributed by atoms with E-state index < -0.39 is 17.5 Å². The van der Waals surface area contributed by atoms with Gasteiger partial charge in [0, 0.05) is 26.8 Å². The maximum absolute atomic E-state index is 13.1. The summed E-state index contributed by atoms with van der Waals surface area (Å²) in [7, 11) is 3.75. The zero-order chi connectivity index (χ0) is 14.7. The van der Waals surface area contributed by atoms with Crippen LogP contribution in [0.2, 0.25) is 0 Å². The molecular weight excluding hydrogens is 267 g/mol. The van der Waals surface area contributed by atoms with Gasteiger partial charge in [0.1, 0.15) is 0 Å². The summed E-state index contributed by atoms with van der Waals surface area (Å²) in [6.07, 6.45) is 3.27. The lowest BCUT2D eigenvalue weighted by Crippen LogP contribution is -2.12. The van der Waals surface area contributed by atoms with Crippen molar-refractivity contribution in [2.24, 2.45) is 0 Å². The van der Waals surface area contributed by atoms with Crippen LogP contribution in [0.1, 0.15) is 5.56 Å². The third-order valence-electron chi connectivity index (χ3n) is 2.81. The van der Waals surface area contributed by atoms with Crippen LogP contribution in [0.4, 0.5) is 24.5 Å². The summed E-state index contributed by atoms with van der Waals surface area (Å²) < 4.78 is 39.1. The van der Waals surface area contributed by atoms with Crippen LogP contribution >= 0.6 is 0 Å². The zero-order valence-corrected chi connectivity index (χ0v) is 11.1. The van der Waals surface area contributed by atoms with Crippen LogP contribution in [0, 0.1) is 17.5 Å². The van der Waals surface area contributed by atoms with E-state index in [-0.39, 0.29) is 6.54 Å². The normalized spacial score (nSPS) is 10.4. The van der Waals surface area contributed by atoms with Crippen molar-refractivity contribution in [2.75, 3.05) is 24.3 Å². The molecule has 1 heterocycles. The first-order valence-electron chi connectivity index (χ1n) is 5.97. The molecule has 0 bridgehead atoms. The maximum Gasteiger partial charge on any atom is 0.194 e. The molecule has 0 saturated carbocycles. The Morgan fingerprint density at radius 1 is 1.15 bits per heavy atom. The number of halogens is 3. The van der Waals surface area contributed by atoms with Crippen molar-refractivity contribution in [3.8, 4) is 0 Å². The number of pyridine rings is 1. The van der Waals surface area contributed by atoms with Gasteiger partial charge in [0.25, 0.3) is 0 Å². The molecule has 0 spiro atoms. The van der Waals surface area contributed by atoms with E-state index >= 15 is 0 Å². The van der Waals surface area contributed by atoms with Crippen molar-refractivity contribution >= 4 is 11.4 Å². The summed E-state index contributed by atoms with van der Waals surface area (Å²) in [5.41, 5.74) is 1.93. The van der Waals surface area contributed by atoms with E-state index in [0.717, 1.165) is 23.5 Å². The van der Waals surface area contributed by atoms with E-state index in [0.29, 0.717) is 5.56 Å². The summed E-state index contributed by atoms with van der Waals surface area (Å²) in [4.78, 5) is 5.88. The standard InChI is InChI=1S/C14H14F3N3/c1-20(2)13-3-4-18-8-12(13)19-7-9-5-10(15)14(17)11(16)6-9/h3-6,8,19H,7H2,1-2H3. The second kappa shape index (κ2) is 5.81. The minimum Gasteiger partial charge on any atom is -0.378 e. The van der Waals surface area contributed by atoms with E-state index in [9.17, 15) is 13.2 Å². The van der Waals surface area contributed by atoms with Crippen molar-refractivity contribution in [2.45, 2.75) is 6.54 Å². The summed E-state index contributed by atoms with van der Waals surface area (Å²) in [6.45, 7) is 0.167. The van der Waals surface area contributed by atoms with Crippen LogP contribution < -0.4 is 10.2 Å². The summed E-state index contributed by atoms with van der Waals surface area (Å²) in [5.74, 6) is -3.84. The average Bonchev–Trinajstić information content (AvgIpc) is 2.42. The number of nitrogens with zero attached hydrogens (tertiary/aromatic N) is 2. The van der Waals surface area contributed by atoms with Crippen LogP contribution in [0.3, 0.4) is 0 Å². The van der Waals surface area contributed by atoms with Crippen LogP contribution in [0.25, 0.3) is 0 Å². The molecule has 1 aromatic heterocycles. The molecule has 0 aliphatic heterocycles. The van der Waals surface area contributed by atoms with E-state index in [1.165, 1.54) is 0 Å². The molecule has 0 atom stereocenters. The predicted octanol–water partition coefficient (Wildman–Crippen LogP) is 3.18. The first-order chi connectivity index (χ1) is 9.49. The Morgan fingerprint density at radius 3 is 2.40 bits per heavy atom. The Bertz CT molecular complexity index is 591. The molecular formula is C14H14F3N3. The van der Waals surface area contributed by atoms with Crippen molar-refractivity contribution < 1.29 is 13.2 Å². The molecule has 0 saturated heterocycles. The van der Waals surface area contributed by atoms with Crippen LogP contribution in [-0.2, 0) is 6.54 Å². The zero-order valence-electron chi connectivity index (χ0n) is 11.1. The van der Waals surface area contributed by atoms with E-state index in [2.05, 4.69) is 10.3 Å². The highest BCUT2D eigenvalue weighted by Crippen LogP contribution is 2.23. The van der Waals surface area contributed by atoms with E-state index in [1.54, 1.807) is 12.4 Å². The molecule has 2 aromatic rings. The Morgan fingerprint density at radius 2 is 1.80 bits per heavy atom. The van der Waals surface area contributed by atoms with Gasteiger partial charge in [0.2, 0.25) is 0 Å². The summed E-state index contributed by atoms with van der Waals surface area (Å²) >= 11 is 0. The van der Waals surface area contributed by atoms with E-state index in [4.69, 9.17) is 0 Å². The molecule has 0 unspecified atom stereocenters. The molecule has 3 nitrogen and oxygen atoms in total. The molecule has 0 aliphatic rings. The van der Waals surface area contributed by atoms with Crippen LogP contribution in [0.5, 0.6) is 0 Å². The van der Waals surface area contributed by atoms with Gasteiger partial charge in [-0.05, 0) is 23.8 Å². The van der Waals surface area contributed by atoms with E-state index in [1.807, 2.05) is 25.1 Å². The molecule has 6 heteroatoms. The number of rotatable bonds is 4. The van der Waals surface area contributed by atoms with Gasteiger partial charge >= 0.3 is 0 Å². The minimum atomic E-state index is -1.45. The number of hydrogen-bond donors (Lipinski definition) is 1. The van der Waals surface area contributed by atoms with Crippen LogP contribution in [0.15, 0.2) is 30.6 Å². The molecule has 1 aromatic carbocycles. The molecule has 0 fully saturated rings. The lowest BCUT2D eigenvalue weighted by Gasteiger charge is -2.17. The fourth-order valence-corrected chi connectivity index (χ4v) is 1.82. The maximum atomic E-state index is 13.1. The lowest BCUT2D eigenvalue weighted by atomic mass is 10.2. The van der Waals surface area contributed by atoms with Crippen molar-refractivity contribution in [3.63, 3.8) is 0 Å². The van der Waals surface area contributed by atoms with Crippen molar-refractivity contribution in [1.29, 1.82) is 0 Å².